The molecule has 1 aromatic rings. The summed E-state index contributed by atoms with van der Waals surface area (Å²) in [6, 6.07) is 5.92. The highest BCUT2D eigenvalue weighted by molar-refractivity contribution is 8.14. The SMILES string of the molecule is COCCN=C1NN2C(CNc3ccc(OC)c(OC)c3)C=NC2S1. The third kappa shape index (κ3) is 4.17. The van der Waals surface area contributed by atoms with Crippen LogP contribution in [0.4, 0.5) is 5.69 Å². The maximum absolute atomic E-state index is 5.34. The lowest BCUT2D eigenvalue weighted by Gasteiger charge is -2.22. The number of nitrogens with one attached hydrogen (secondary N) is 2. The molecule has 1 fully saturated rings. The molecule has 1 aromatic carbocycles. The Morgan fingerprint density at radius 1 is 1.28 bits per heavy atom. The Kier molecular flexibility index (Phi) is 6.00. The van der Waals surface area contributed by atoms with Gasteiger partial charge in [0.1, 0.15) is 0 Å². The van der Waals surface area contributed by atoms with Crippen molar-refractivity contribution in [2.75, 3.05) is 46.3 Å². The van der Waals surface area contributed by atoms with Crippen molar-refractivity contribution < 1.29 is 14.2 Å². The van der Waals surface area contributed by atoms with Crippen molar-refractivity contribution in [3.8, 4) is 11.5 Å². The van der Waals surface area contributed by atoms with Gasteiger partial charge >= 0.3 is 0 Å². The predicted octanol–water partition coefficient (Wildman–Crippen LogP) is 1.41. The molecule has 0 bridgehead atoms. The second kappa shape index (κ2) is 8.41. The van der Waals surface area contributed by atoms with Crippen LogP contribution in [-0.4, -0.2) is 69.0 Å². The van der Waals surface area contributed by atoms with Crippen LogP contribution in [0.5, 0.6) is 11.5 Å². The van der Waals surface area contributed by atoms with Gasteiger partial charge in [0.05, 0.1) is 33.4 Å². The van der Waals surface area contributed by atoms with Crippen molar-refractivity contribution in [3.63, 3.8) is 0 Å². The average molecular weight is 365 g/mol. The molecule has 2 aliphatic rings. The normalized spacial score (nSPS) is 23.6. The van der Waals surface area contributed by atoms with E-state index in [2.05, 4.69) is 25.7 Å². The number of hydrogen-bond donors (Lipinski definition) is 2. The highest BCUT2D eigenvalue weighted by Crippen LogP contribution is 2.31. The topological polar surface area (TPSA) is 79.7 Å². The summed E-state index contributed by atoms with van der Waals surface area (Å²) in [4.78, 5) is 9.00. The first kappa shape index (κ1) is 17.8. The fourth-order valence-electron chi connectivity index (χ4n) is 2.57. The lowest BCUT2D eigenvalue weighted by Crippen LogP contribution is -2.45. The van der Waals surface area contributed by atoms with Crippen LogP contribution in [0.2, 0.25) is 0 Å². The van der Waals surface area contributed by atoms with Gasteiger partial charge in [-0.1, -0.05) is 0 Å². The summed E-state index contributed by atoms with van der Waals surface area (Å²) >= 11 is 1.62. The van der Waals surface area contributed by atoms with E-state index < -0.39 is 0 Å². The van der Waals surface area contributed by atoms with Crippen molar-refractivity contribution in [1.29, 1.82) is 0 Å². The molecule has 3 rings (SSSR count). The standard InChI is InChI=1S/C16H23N5O3S/c1-22-7-6-17-15-20-21-12(10-19-16(21)25-15)9-18-11-4-5-13(23-2)14(8-11)24-3/h4-5,8,10,12,16,18H,6-7,9H2,1-3H3,(H,17,20). The second-order valence-electron chi connectivity index (χ2n) is 5.46. The van der Waals surface area contributed by atoms with Gasteiger partial charge in [-0.05, 0) is 23.9 Å². The van der Waals surface area contributed by atoms with Gasteiger partial charge in [0, 0.05) is 31.6 Å². The quantitative estimate of drug-likeness (QED) is 0.674. The van der Waals surface area contributed by atoms with E-state index in [0.717, 1.165) is 10.9 Å². The first-order valence-corrected chi connectivity index (χ1v) is 8.87. The number of nitrogens with zero attached hydrogens (tertiary/aromatic N) is 3. The highest BCUT2D eigenvalue weighted by atomic mass is 32.2. The first-order valence-electron chi connectivity index (χ1n) is 7.99. The van der Waals surface area contributed by atoms with Crippen LogP contribution in [0.25, 0.3) is 0 Å². The van der Waals surface area contributed by atoms with E-state index in [1.165, 1.54) is 0 Å². The molecule has 0 aromatic heterocycles. The number of fused-ring (bicyclic) bond motifs is 1. The van der Waals surface area contributed by atoms with Crippen LogP contribution < -0.4 is 20.2 Å². The fourth-order valence-corrected chi connectivity index (χ4v) is 3.55. The minimum absolute atomic E-state index is 0.0403. The number of hydrazine groups is 1. The van der Waals surface area contributed by atoms with Crippen molar-refractivity contribution >= 4 is 28.8 Å². The average Bonchev–Trinajstić information content (AvgIpc) is 3.20. The molecule has 0 aliphatic carbocycles. The van der Waals surface area contributed by atoms with Gasteiger partial charge in [-0.3, -0.25) is 15.4 Å². The summed E-state index contributed by atoms with van der Waals surface area (Å²) in [7, 11) is 4.93. The lowest BCUT2D eigenvalue weighted by atomic mass is 10.2. The molecule has 2 heterocycles. The van der Waals surface area contributed by atoms with Crippen LogP contribution in [0, 0.1) is 0 Å². The fraction of sp³-hybridized carbons (Fsp3) is 0.500. The smallest absolute Gasteiger partial charge is 0.174 e. The Bertz CT molecular complexity index is 655. The number of ether oxygens (including phenoxy) is 3. The Morgan fingerprint density at radius 2 is 2.12 bits per heavy atom. The molecular weight excluding hydrogens is 342 g/mol. The molecule has 0 radical (unpaired) electrons. The van der Waals surface area contributed by atoms with Crippen molar-refractivity contribution in [3.05, 3.63) is 18.2 Å². The maximum atomic E-state index is 5.34. The Hall–Kier alpha value is -1.97. The van der Waals surface area contributed by atoms with Gasteiger partial charge in [0.25, 0.3) is 0 Å². The zero-order chi connectivity index (χ0) is 17.6. The number of anilines is 1. The van der Waals surface area contributed by atoms with Gasteiger partial charge < -0.3 is 19.5 Å². The Morgan fingerprint density at radius 3 is 2.88 bits per heavy atom. The molecule has 136 valence electrons. The zero-order valence-corrected chi connectivity index (χ0v) is 15.4. The van der Waals surface area contributed by atoms with E-state index in [1.807, 2.05) is 24.4 Å². The molecule has 2 unspecified atom stereocenters. The molecule has 25 heavy (non-hydrogen) atoms. The van der Waals surface area contributed by atoms with E-state index in [9.17, 15) is 0 Å². The van der Waals surface area contributed by atoms with E-state index >= 15 is 0 Å². The van der Waals surface area contributed by atoms with E-state index in [4.69, 9.17) is 14.2 Å². The minimum Gasteiger partial charge on any atom is -0.493 e. The number of amidine groups is 1. The summed E-state index contributed by atoms with van der Waals surface area (Å²) in [6.45, 7) is 1.98. The molecule has 0 spiro atoms. The second-order valence-corrected chi connectivity index (χ2v) is 6.50. The van der Waals surface area contributed by atoms with Crippen molar-refractivity contribution in [2.45, 2.75) is 11.5 Å². The van der Waals surface area contributed by atoms with Gasteiger partial charge in [-0.25, -0.2) is 0 Å². The number of aliphatic imine (C=N–C) groups is 2. The van der Waals surface area contributed by atoms with Crippen molar-refractivity contribution in [1.82, 2.24) is 10.4 Å². The summed E-state index contributed by atoms with van der Waals surface area (Å²) in [6.07, 6.45) is 1.96. The van der Waals surface area contributed by atoms with Crippen LogP contribution in [0.3, 0.4) is 0 Å². The van der Waals surface area contributed by atoms with Gasteiger partial charge in [0.15, 0.2) is 22.2 Å². The lowest BCUT2D eigenvalue weighted by molar-refractivity contribution is 0.207. The molecule has 9 heteroatoms. The summed E-state index contributed by atoms with van der Waals surface area (Å²) < 4.78 is 15.6. The molecule has 2 aliphatic heterocycles. The van der Waals surface area contributed by atoms with Crippen LogP contribution >= 0.6 is 11.8 Å². The maximum Gasteiger partial charge on any atom is 0.174 e. The van der Waals surface area contributed by atoms with Gasteiger partial charge in [-0.15, -0.1) is 0 Å². The van der Waals surface area contributed by atoms with Crippen LogP contribution in [-0.2, 0) is 4.74 Å². The molecule has 2 N–H and O–H groups in total. The van der Waals surface area contributed by atoms with E-state index in [-0.39, 0.29) is 11.5 Å². The van der Waals surface area contributed by atoms with Crippen molar-refractivity contribution in [2.24, 2.45) is 9.98 Å². The third-order valence-electron chi connectivity index (χ3n) is 3.87. The molecule has 0 saturated carbocycles. The number of thioether (sulfide) groups is 1. The molecular formula is C16H23N5O3S. The highest BCUT2D eigenvalue weighted by Gasteiger charge is 2.37. The first-order chi connectivity index (χ1) is 12.2. The van der Waals surface area contributed by atoms with E-state index in [0.29, 0.717) is 31.2 Å². The number of hydrogen-bond acceptors (Lipinski definition) is 8. The molecule has 2 atom stereocenters. The third-order valence-corrected chi connectivity index (χ3v) is 4.88. The molecule has 0 amide bonds. The number of methoxy groups -OCH3 is 3. The summed E-state index contributed by atoms with van der Waals surface area (Å²) in [5, 5.41) is 6.40. The van der Waals surface area contributed by atoms with Crippen LogP contribution in [0.15, 0.2) is 28.2 Å². The summed E-state index contributed by atoms with van der Waals surface area (Å²) in [5.74, 6) is 1.41. The molecule has 1 saturated heterocycles. The number of rotatable bonds is 8. The largest absolute Gasteiger partial charge is 0.493 e. The number of benzene rings is 1. The van der Waals surface area contributed by atoms with Gasteiger partial charge in [0.2, 0.25) is 0 Å². The molecule has 8 nitrogen and oxygen atoms in total. The Labute approximate surface area is 151 Å². The van der Waals surface area contributed by atoms with Gasteiger partial charge in [-0.2, -0.15) is 5.01 Å². The van der Waals surface area contributed by atoms with E-state index in [1.54, 1.807) is 33.1 Å². The Balaban J connectivity index is 1.56. The monoisotopic (exact) mass is 365 g/mol. The van der Waals surface area contributed by atoms with Crippen LogP contribution in [0.1, 0.15) is 0 Å². The predicted molar refractivity (Wildman–Crippen MR) is 101 cm³/mol. The minimum atomic E-state index is 0.0403. The zero-order valence-electron chi connectivity index (χ0n) is 14.6. The summed E-state index contributed by atoms with van der Waals surface area (Å²) in [5.41, 5.74) is 4.33.